The van der Waals surface area contributed by atoms with Crippen molar-refractivity contribution in [2.75, 3.05) is 19.6 Å². The van der Waals surface area contributed by atoms with E-state index in [2.05, 4.69) is 31.4 Å². The highest BCUT2D eigenvalue weighted by molar-refractivity contribution is 5.99. The van der Waals surface area contributed by atoms with E-state index in [-0.39, 0.29) is 24.6 Å². The number of aromatic nitrogens is 3. The predicted molar refractivity (Wildman–Crippen MR) is 152 cm³/mol. The minimum absolute atomic E-state index is 0.0467. The molecule has 0 saturated carbocycles. The summed E-state index contributed by atoms with van der Waals surface area (Å²) < 4.78 is 14.5. The number of aromatic amines is 1. The minimum Gasteiger partial charge on any atom is -0.355 e. The summed E-state index contributed by atoms with van der Waals surface area (Å²) in [4.78, 5) is 54.4. The van der Waals surface area contributed by atoms with Gasteiger partial charge in [0, 0.05) is 18.7 Å². The van der Waals surface area contributed by atoms with Gasteiger partial charge in [-0.3, -0.25) is 19.2 Å². The van der Waals surface area contributed by atoms with Crippen LogP contribution < -0.4 is 16.0 Å². The molecule has 2 bridgehead atoms. The van der Waals surface area contributed by atoms with Crippen LogP contribution in [0.3, 0.4) is 0 Å². The molecule has 0 aliphatic carbocycles. The van der Waals surface area contributed by atoms with Crippen LogP contribution in [0.25, 0.3) is 11.0 Å². The number of carbonyl (C=O) groups excluding carboxylic acids is 4. The molecule has 0 spiro atoms. The molecule has 1 aromatic heterocycles. The first-order valence-corrected chi connectivity index (χ1v) is 13.6. The molecule has 0 unspecified atom stereocenters. The number of halogens is 1. The van der Waals surface area contributed by atoms with Gasteiger partial charge in [-0.2, -0.15) is 15.4 Å². The van der Waals surface area contributed by atoms with Crippen LogP contribution in [0.1, 0.15) is 51.2 Å². The normalized spacial score (nSPS) is 19.0. The number of hydrogen-bond donors (Lipinski definition) is 4. The van der Waals surface area contributed by atoms with Gasteiger partial charge in [-0.05, 0) is 61.2 Å². The highest BCUT2D eigenvalue weighted by atomic mass is 19.1. The van der Waals surface area contributed by atoms with E-state index in [1.165, 1.54) is 24.0 Å². The molecule has 4 N–H and O–H groups in total. The maximum atomic E-state index is 14.5. The third-order valence-corrected chi connectivity index (χ3v) is 7.09. The van der Waals surface area contributed by atoms with Crippen molar-refractivity contribution in [2.24, 2.45) is 0 Å². The third-order valence-electron chi connectivity index (χ3n) is 7.09. The summed E-state index contributed by atoms with van der Waals surface area (Å²) in [6.07, 6.45) is 1.01. The molecular formula is C30H30FN7O4. The Morgan fingerprint density at radius 2 is 1.74 bits per heavy atom. The van der Waals surface area contributed by atoms with E-state index in [1.807, 2.05) is 6.07 Å². The first-order chi connectivity index (χ1) is 20.3. The van der Waals surface area contributed by atoms with Crippen LogP contribution in [0.4, 0.5) is 4.39 Å². The molecule has 1 aliphatic rings. The fourth-order valence-corrected chi connectivity index (χ4v) is 4.80. The monoisotopic (exact) mass is 571 g/mol. The summed E-state index contributed by atoms with van der Waals surface area (Å²) in [5.74, 6) is -2.77. The van der Waals surface area contributed by atoms with E-state index >= 15 is 0 Å². The van der Waals surface area contributed by atoms with Crippen LogP contribution >= 0.6 is 0 Å². The van der Waals surface area contributed by atoms with E-state index in [1.54, 1.807) is 48.5 Å². The van der Waals surface area contributed by atoms with E-state index in [0.29, 0.717) is 47.1 Å². The Hall–Kier alpha value is -5.13. The Kier molecular flexibility index (Phi) is 8.51. The summed E-state index contributed by atoms with van der Waals surface area (Å²) in [6.45, 7) is 1.49. The predicted octanol–water partition coefficient (Wildman–Crippen LogP) is 2.28. The molecule has 4 amide bonds. The molecule has 42 heavy (non-hydrogen) atoms. The number of nitrogens with one attached hydrogen (secondary N) is 4. The summed E-state index contributed by atoms with van der Waals surface area (Å²) >= 11 is 0. The fraction of sp³-hybridized carbons (Fsp3) is 0.267. The summed E-state index contributed by atoms with van der Waals surface area (Å²) in [7, 11) is 0. The molecule has 11 nitrogen and oxygen atoms in total. The first-order valence-electron chi connectivity index (χ1n) is 13.6. The standard InChI is InChI=1S/C30H30FN7O4/c1-18-28(40)34-26(20-7-3-2-4-8-20)16-38(30(42)21-10-12-24-25(15-21)36-37-35-24)17-27(39)32-13-5-6-19-9-11-23(31)22(14-19)29(41)33-18/h2-4,7-12,14-15,18,26H,5-6,13,16-17H2,1H3,(H,32,39)(H,33,41)(H,34,40)(H,35,36,37)/t18-,26-/m1/s1. The van der Waals surface area contributed by atoms with Crippen LogP contribution in [0.15, 0.2) is 66.7 Å². The second-order valence-corrected chi connectivity index (χ2v) is 10.1. The molecule has 0 saturated heterocycles. The quantitative estimate of drug-likeness (QED) is 0.290. The van der Waals surface area contributed by atoms with Crippen molar-refractivity contribution in [2.45, 2.75) is 31.8 Å². The molecule has 12 heteroatoms. The molecule has 1 aliphatic heterocycles. The van der Waals surface area contributed by atoms with E-state index < -0.39 is 35.6 Å². The van der Waals surface area contributed by atoms with Crippen LogP contribution in [-0.4, -0.2) is 69.6 Å². The Labute approximate surface area is 240 Å². The van der Waals surface area contributed by atoms with Crippen molar-refractivity contribution in [3.05, 3.63) is 94.8 Å². The second kappa shape index (κ2) is 12.6. The highest BCUT2D eigenvalue weighted by Gasteiger charge is 2.27. The van der Waals surface area contributed by atoms with Crippen LogP contribution in [-0.2, 0) is 16.0 Å². The number of nitrogens with zero attached hydrogens (tertiary/aromatic N) is 3. The van der Waals surface area contributed by atoms with Crippen LogP contribution in [0.5, 0.6) is 0 Å². The lowest BCUT2D eigenvalue weighted by atomic mass is 10.0. The molecule has 4 aromatic rings. The number of fused-ring (bicyclic) bond motifs is 3. The van der Waals surface area contributed by atoms with E-state index in [4.69, 9.17) is 0 Å². The molecule has 2 heterocycles. The van der Waals surface area contributed by atoms with Crippen molar-refractivity contribution < 1.29 is 23.6 Å². The van der Waals surface area contributed by atoms with Crippen molar-refractivity contribution in [1.82, 2.24) is 36.3 Å². The molecular weight excluding hydrogens is 541 g/mol. The maximum absolute atomic E-state index is 14.5. The minimum atomic E-state index is -1.02. The fourth-order valence-electron chi connectivity index (χ4n) is 4.80. The largest absolute Gasteiger partial charge is 0.355 e. The van der Waals surface area contributed by atoms with Crippen molar-refractivity contribution >= 4 is 34.7 Å². The lowest BCUT2D eigenvalue weighted by Gasteiger charge is -2.29. The Bertz CT molecular complexity index is 1620. The third kappa shape index (κ3) is 6.60. The molecule has 0 radical (unpaired) electrons. The van der Waals surface area contributed by atoms with E-state index in [0.717, 1.165) is 0 Å². The molecule has 0 fully saturated rings. The summed E-state index contributed by atoms with van der Waals surface area (Å²) in [5.41, 5.74) is 2.61. The van der Waals surface area contributed by atoms with Crippen LogP contribution in [0, 0.1) is 5.82 Å². The van der Waals surface area contributed by atoms with Gasteiger partial charge in [0.15, 0.2) is 0 Å². The lowest BCUT2D eigenvalue weighted by Crippen LogP contribution is -2.49. The number of amides is 4. The number of benzene rings is 3. The van der Waals surface area contributed by atoms with Gasteiger partial charge in [0.25, 0.3) is 11.8 Å². The van der Waals surface area contributed by atoms with Gasteiger partial charge in [-0.15, -0.1) is 0 Å². The average molecular weight is 572 g/mol. The van der Waals surface area contributed by atoms with Crippen LogP contribution in [0.2, 0.25) is 0 Å². The summed E-state index contributed by atoms with van der Waals surface area (Å²) in [6, 6.07) is 16.3. The van der Waals surface area contributed by atoms with Crippen molar-refractivity contribution in [1.29, 1.82) is 0 Å². The number of aryl methyl sites for hydroxylation is 1. The van der Waals surface area contributed by atoms with Gasteiger partial charge in [-0.25, -0.2) is 4.39 Å². The van der Waals surface area contributed by atoms with Gasteiger partial charge in [0.05, 0.1) is 18.2 Å². The topological polar surface area (TPSA) is 149 Å². The zero-order valence-electron chi connectivity index (χ0n) is 22.9. The molecule has 3 aromatic carbocycles. The Morgan fingerprint density at radius 1 is 0.952 bits per heavy atom. The van der Waals surface area contributed by atoms with E-state index in [9.17, 15) is 23.6 Å². The lowest BCUT2D eigenvalue weighted by molar-refractivity contribution is -0.123. The van der Waals surface area contributed by atoms with Crippen molar-refractivity contribution in [3.8, 4) is 0 Å². The number of carbonyl (C=O) groups is 4. The number of rotatable bonds is 2. The maximum Gasteiger partial charge on any atom is 0.254 e. The molecule has 5 rings (SSSR count). The Balaban J connectivity index is 1.47. The zero-order chi connectivity index (χ0) is 29.6. The highest BCUT2D eigenvalue weighted by Crippen LogP contribution is 2.19. The van der Waals surface area contributed by atoms with Gasteiger partial charge in [0.1, 0.15) is 22.9 Å². The smallest absolute Gasteiger partial charge is 0.254 e. The summed E-state index contributed by atoms with van der Waals surface area (Å²) in [5, 5.41) is 18.9. The Morgan fingerprint density at radius 3 is 2.55 bits per heavy atom. The first kappa shape index (κ1) is 28.4. The average Bonchev–Trinajstić information content (AvgIpc) is 3.47. The number of H-pyrrole nitrogens is 1. The molecule has 2 atom stereocenters. The van der Waals surface area contributed by atoms with Gasteiger partial charge in [0.2, 0.25) is 11.8 Å². The van der Waals surface area contributed by atoms with Crippen molar-refractivity contribution in [3.63, 3.8) is 0 Å². The van der Waals surface area contributed by atoms with Gasteiger partial charge in [-0.1, -0.05) is 36.4 Å². The SMILES string of the molecule is C[C@H]1NC(=O)c2cc(ccc2F)CCCNC(=O)CN(C(=O)c2ccc3n[nH]nc3c2)C[C@H](c2ccccc2)NC1=O. The molecule has 216 valence electrons. The second-order valence-electron chi connectivity index (χ2n) is 10.1. The van der Waals surface area contributed by atoms with Gasteiger partial charge >= 0.3 is 0 Å². The number of hydrogen-bond acceptors (Lipinski definition) is 6. The van der Waals surface area contributed by atoms with Gasteiger partial charge < -0.3 is 20.9 Å². The zero-order valence-corrected chi connectivity index (χ0v) is 22.9.